The number of benzene rings is 1. The number of carbonyl (C=O) groups excluding carboxylic acids is 1. The van der Waals surface area contributed by atoms with Crippen LogP contribution in [0.2, 0.25) is 0 Å². The van der Waals surface area contributed by atoms with E-state index in [9.17, 15) is 9.18 Å². The number of carbonyl (C=O) groups is 1. The Morgan fingerprint density at radius 3 is 3.00 bits per heavy atom. The van der Waals surface area contributed by atoms with Crippen molar-refractivity contribution >= 4 is 6.03 Å². The van der Waals surface area contributed by atoms with E-state index >= 15 is 0 Å². The third kappa shape index (κ3) is 4.72. The zero-order valence-electron chi connectivity index (χ0n) is 14.5. The van der Waals surface area contributed by atoms with Gasteiger partial charge in [0.15, 0.2) is 0 Å². The predicted molar refractivity (Wildman–Crippen MR) is 95.9 cm³/mol. The Kier molecular flexibility index (Phi) is 5.68. The minimum atomic E-state index is -0.282. The van der Waals surface area contributed by atoms with E-state index in [0.29, 0.717) is 18.8 Å². The van der Waals surface area contributed by atoms with E-state index in [1.54, 1.807) is 30.5 Å². The molecule has 0 saturated carbocycles. The Labute approximate surface area is 151 Å². The summed E-state index contributed by atoms with van der Waals surface area (Å²) in [5.74, 6) is -0.282. The summed E-state index contributed by atoms with van der Waals surface area (Å²) >= 11 is 0. The fourth-order valence-electron chi connectivity index (χ4n) is 2.60. The summed E-state index contributed by atoms with van der Waals surface area (Å²) in [6.45, 7) is 1.06. The highest BCUT2D eigenvalue weighted by Gasteiger charge is 2.09. The van der Waals surface area contributed by atoms with Gasteiger partial charge in [0.2, 0.25) is 0 Å². The van der Waals surface area contributed by atoms with Gasteiger partial charge in [-0.2, -0.15) is 5.10 Å². The molecule has 3 aromatic rings. The number of urea groups is 1. The summed E-state index contributed by atoms with van der Waals surface area (Å²) in [4.78, 5) is 13.7. The minimum Gasteiger partial charge on any atom is -0.472 e. The molecule has 3 rings (SSSR count). The van der Waals surface area contributed by atoms with Crippen LogP contribution in [0.25, 0.3) is 11.3 Å². The number of nitrogens with one attached hydrogen (secondary N) is 2. The van der Waals surface area contributed by atoms with Crippen molar-refractivity contribution in [2.45, 2.75) is 19.4 Å². The first-order valence-electron chi connectivity index (χ1n) is 8.42. The average Bonchev–Trinajstić information content (AvgIpc) is 3.31. The van der Waals surface area contributed by atoms with Crippen LogP contribution < -0.4 is 5.32 Å². The molecule has 7 heteroatoms. The first-order valence-corrected chi connectivity index (χ1v) is 8.42. The number of halogens is 1. The zero-order chi connectivity index (χ0) is 18.4. The van der Waals surface area contributed by atoms with Gasteiger partial charge in [0, 0.05) is 37.0 Å². The molecule has 2 aromatic heterocycles. The van der Waals surface area contributed by atoms with Crippen molar-refractivity contribution in [2.75, 3.05) is 13.6 Å². The lowest BCUT2D eigenvalue weighted by Crippen LogP contribution is -2.37. The molecule has 2 N–H and O–H groups in total. The lowest BCUT2D eigenvalue weighted by atomic mass is 10.1. The average molecular weight is 356 g/mol. The molecule has 0 bridgehead atoms. The first-order chi connectivity index (χ1) is 12.6. The molecular weight excluding hydrogens is 335 g/mol. The van der Waals surface area contributed by atoms with Crippen LogP contribution in [-0.4, -0.2) is 34.7 Å². The SMILES string of the molecule is CN(CCCc1cc(-c2cccc(F)c2)n[nH]1)C(=O)NCc1ccoc1. The molecule has 0 fully saturated rings. The zero-order valence-corrected chi connectivity index (χ0v) is 14.5. The van der Waals surface area contributed by atoms with Gasteiger partial charge < -0.3 is 14.6 Å². The van der Waals surface area contributed by atoms with Gasteiger partial charge in [-0.3, -0.25) is 5.10 Å². The topological polar surface area (TPSA) is 74.2 Å². The maximum atomic E-state index is 13.3. The van der Waals surface area contributed by atoms with Crippen molar-refractivity contribution in [1.82, 2.24) is 20.4 Å². The molecule has 0 aliphatic carbocycles. The van der Waals surface area contributed by atoms with Crippen LogP contribution in [0.1, 0.15) is 17.7 Å². The molecule has 0 aliphatic rings. The standard InChI is InChI=1S/C19H21FN4O2/c1-24(19(25)21-12-14-7-9-26-13-14)8-3-6-17-11-18(23-22-17)15-4-2-5-16(20)10-15/h2,4-5,7,9-11,13H,3,6,8,12H2,1H3,(H,21,25)(H,22,23). The molecular formula is C19H21FN4O2. The highest BCUT2D eigenvalue weighted by molar-refractivity contribution is 5.73. The minimum absolute atomic E-state index is 0.128. The number of aromatic amines is 1. The van der Waals surface area contributed by atoms with E-state index < -0.39 is 0 Å². The summed E-state index contributed by atoms with van der Waals surface area (Å²) in [6.07, 6.45) is 4.73. The van der Waals surface area contributed by atoms with E-state index in [4.69, 9.17) is 4.42 Å². The fraction of sp³-hybridized carbons (Fsp3) is 0.263. The predicted octanol–water partition coefficient (Wildman–Crippen LogP) is 3.58. The molecule has 0 unspecified atom stereocenters. The number of aromatic nitrogens is 2. The molecule has 0 aliphatic heterocycles. The Morgan fingerprint density at radius 2 is 2.23 bits per heavy atom. The molecule has 26 heavy (non-hydrogen) atoms. The van der Waals surface area contributed by atoms with Crippen LogP contribution in [0.3, 0.4) is 0 Å². The summed E-state index contributed by atoms with van der Waals surface area (Å²) < 4.78 is 18.3. The van der Waals surface area contributed by atoms with Crippen LogP contribution in [-0.2, 0) is 13.0 Å². The fourth-order valence-corrected chi connectivity index (χ4v) is 2.60. The molecule has 0 spiro atoms. The van der Waals surface area contributed by atoms with Crippen LogP contribution in [0.5, 0.6) is 0 Å². The van der Waals surface area contributed by atoms with Crippen molar-refractivity contribution in [2.24, 2.45) is 0 Å². The lowest BCUT2D eigenvalue weighted by molar-refractivity contribution is 0.208. The van der Waals surface area contributed by atoms with Gasteiger partial charge in [-0.05, 0) is 37.1 Å². The molecule has 6 nitrogen and oxygen atoms in total. The lowest BCUT2D eigenvalue weighted by Gasteiger charge is -2.17. The summed E-state index contributed by atoms with van der Waals surface area (Å²) in [7, 11) is 1.76. The Bertz CT molecular complexity index is 845. The maximum Gasteiger partial charge on any atom is 0.317 e. The summed E-state index contributed by atoms with van der Waals surface area (Å²) in [6, 6.07) is 9.94. The first kappa shape index (κ1) is 17.7. The van der Waals surface area contributed by atoms with Gasteiger partial charge in [0.05, 0.1) is 18.2 Å². The number of amides is 2. The Balaban J connectivity index is 1.43. The van der Waals surface area contributed by atoms with E-state index in [0.717, 1.165) is 29.7 Å². The second-order valence-corrected chi connectivity index (χ2v) is 6.10. The van der Waals surface area contributed by atoms with Crippen LogP contribution in [0.4, 0.5) is 9.18 Å². The van der Waals surface area contributed by atoms with E-state index in [1.807, 2.05) is 18.2 Å². The van der Waals surface area contributed by atoms with Crippen molar-refractivity contribution in [1.29, 1.82) is 0 Å². The molecule has 0 saturated heterocycles. The van der Waals surface area contributed by atoms with Crippen LogP contribution in [0.15, 0.2) is 53.3 Å². The van der Waals surface area contributed by atoms with Gasteiger partial charge in [-0.15, -0.1) is 0 Å². The normalized spacial score (nSPS) is 10.7. The number of H-pyrrole nitrogens is 1. The quantitative estimate of drug-likeness (QED) is 0.679. The third-order valence-electron chi connectivity index (χ3n) is 4.06. The number of hydrogen-bond acceptors (Lipinski definition) is 3. The van der Waals surface area contributed by atoms with Crippen molar-refractivity contribution < 1.29 is 13.6 Å². The second-order valence-electron chi connectivity index (χ2n) is 6.10. The Morgan fingerprint density at radius 1 is 1.35 bits per heavy atom. The monoisotopic (exact) mass is 356 g/mol. The molecule has 2 heterocycles. The second kappa shape index (κ2) is 8.33. The Hall–Kier alpha value is -3.09. The van der Waals surface area contributed by atoms with Gasteiger partial charge in [-0.25, -0.2) is 9.18 Å². The van der Waals surface area contributed by atoms with Crippen molar-refractivity contribution in [3.8, 4) is 11.3 Å². The van der Waals surface area contributed by atoms with Crippen molar-refractivity contribution in [3.63, 3.8) is 0 Å². The molecule has 1 aromatic carbocycles. The molecule has 0 atom stereocenters. The van der Waals surface area contributed by atoms with Gasteiger partial charge in [0.1, 0.15) is 5.82 Å². The number of aryl methyl sites for hydroxylation is 1. The summed E-state index contributed by atoms with van der Waals surface area (Å²) in [5, 5.41) is 10.0. The molecule has 2 amide bonds. The number of furan rings is 1. The van der Waals surface area contributed by atoms with Gasteiger partial charge >= 0.3 is 6.03 Å². The third-order valence-corrected chi connectivity index (χ3v) is 4.06. The largest absolute Gasteiger partial charge is 0.472 e. The number of rotatable bonds is 7. The maximum absolute atomic E-state index is 13.3. The summed E-state index contributed by atoms with van der Waals surface area (Å²) in [5.41, 5.74) is 3.33. The van der Waals surface area contributed by atoms with E-state index in [1.165, 1.54) is 12.1 Å². The van der Waals surface area contributed by atoms with Gasteiger partial charge in [-0.1, -0.05) is 12.1 Å². The van der Waals surface area contributed by atoms with Crippen LogP contribution >= 0.6 is 0 Å². The highest BCUT2D eigenvalue weighted by atomic mass is 19.1. The van der Waals surface area contributed by atoms with Crippen molar-refractivity contribution in [3.05, 3.63) is 66.0 Å². The number of hydrogen-bond donors (Lipinski definition) is 2. The molecule has 136 valence electrons. The van der Waals surface area contributed by atoms with Crippen LogP contribution in [0, 0.1) is 5.82 Å². The highest BCUT2D eigenvalue weighted by Crippen LogP contribution is 2.19. The van der Waals surface area contributed by atoms with E-state index in [-0.39, 0.29) is 11.8 Å². The number of nitrogens with zero attached hydrogens (tertiary/aromatic N) is 2. The molecule has 0 radical (unpaired) electrons. The smallest absolute Gasteiger partial charge is 0.317 e. The van der Waals surface area contributed by atoms with E-state index in [2.05, 4.69) is 15.5 Å². The van der Waals surface area contributed by atoms with Gasteiger partial charge in [0.25, 0.3) is 0 Å².